The summed E-state index contributed by atoms with van der Waals surface area (Å²) < 4.78 is 0. The molecule has 0 amide bonds. The standard InChI is InChI=1S/C21H20N4/c1-14(2)16-9-11-17(12-10-16)19-13-23-21(22)20(25-19)15(3)24-18-7-5-4-6-8-18/h4-13,24H,1,3H2,2H3,(H2,22,23). The van der Waals surface area contributed by atoms with E-state index in [1.807, 2.05) is 61.5 Å². The van der Waals surface area contributed by atoms with Crippen LogP contribution in [-0.4, -0.2) is 9.97 Å². The van der Waals surface area contributed by atoms with Crippen molar-refractivity contribution in [2.75, 3.05) is 11.1 Å². The molecule has 4 heteroatoms. The summed E-state index contributed by atoms with van der Waals surface area (Å²) in [5.41, 5.74) is 11.9. The van der Waals surface area contributed by atoms with E-state index in [0.29, 0.717) is 17.2 Å². The van der Waals surface area contributed by atoms with Crippen molar-refractivity contribution in [2.24, 2.45) is 0 Å². The van der Waals surface area contributed by atoms with Crippen LogP contribution in [0.4, 0.5) is 11.5 Å². The van der Waals surface area contributed by atoms with Gasteiger partial charge in [0, 0.05) is 11.3 Å². The zero-order valence-corrected chi connectivity index (χ0v) is 14.2. The van der Waals surface area contributed by atoms with Crippen LogP contribution < -0.4 is 11.1 Å². The Morgan fingerprint density at radius 2 is 1.68 bits per heavy atom. The van der Waals surface area contributed by atoms with Gasteiger partial charge in [0.1, 0.15) is 5.69 Å². The van der Waals surface area contributed by atoms with E-state index in [-0.39, 0.29) is 0 Å². The SMILES string of the molecule is C=C(C)c1ccc(-c2cnc(N)c(C(=C)Nc3ccccc3)n2)cc1. The summed E-state index contributed by atoms with van der Waals surface area (Å²) in [6.45, 7) is 9.98. The van der Waals surface area contributed by atoms with Crippen molar-refractivity contribution < 1.29 is 0 Å². The topological polar surface area (TPSA) is 63.8 Å². The van der Waals surface area contributed by atoms with Gasteiger partial charge in [0.15, 0.2) is 5.82 Å². The third-order valence-corrected chi connectivity index (χ3v) is 3.83. The quantitative estimate of drug-likeness (QED) is 0.703. The molecule has 0 atom stereocenters. The number of allylic oxidation sites excluding steroid dienone is 1. The molecule has 0 unspecified atom stereocenters. The van der Waals surface area contributed by atoms with Gasteiger partial charge in [0.05, 0.1) is 17.6 Å². The van der Waals surface area contributed by atoms with Gasteiger partial charge in [-0.1, -0.05) is 61.2 Å². The highest BCUT2D eigenvalue weighted by molar-refractivity contribution is 5.79. The maximum atomic E-state index is 6.00. The van der Waals surface area contributed by atoms with Crippen LogP contribution in [0.2, 0.25) is 0 Å². The molecule has 0 radical (unpaired) electrons. The molecular formula is C21H20N4. The molecule has 2 aromatic carbocycles. The number of hydrogen-bond donors (Lipinski definition) is 2. The Labute approximate surface area is 147 Å². The maximum absolute atomic E-state index is 6.00. The third kappa shape index (κ3) is 3.75. The summed E-state index contributed by atoms with van der Waals surface area (Å²) in [6, 6.07) is 17.8. The van der Waals surface area contributed by atoms with Gasteiger partial charge in [-0.05, 0) is 24.6 Å². The first kappa shape index (κ1) is 16.5. The Hall–Kier alpha value is -3.40. The third-order valence-electron chi connectivity index (χ3n) is 3.83. The van der Waals surface area contributed by atoms with Crippen molar-refractivity contribution >= 4 is 22.8 Å². The number of benzene rings is 2. The van der Waals surface area contributed by atoms with Gasteiger partial charge in [0.25, 0.3) is 0 Å². The molecule has 0 bridgehead atoms. The van der Waals surface area contributed by atoms with Crippen LogP contribution in [0.25, 0.3) is 22.5 Å². The van der Waals surface area contributed by atoms with Gasteiger partial charge < -0.3 is 11.1 Å². The minimum Gasteiger partial charge on any atom is -0.382 e. The molecule has 0 saturated heterocycles. The second kappa shape index (κ2) is 7.01. The lowest BCUT2D eigenvalue weighted by Gasteiger charge is -2.12. The average molecular weight is 328 g/mol. The van der Waals surface area contributed by atoms with E-state index in [2.05, 4.69) is 28.4 Å². The zero-order chi connectivity index (χ0) is 17.8. The summed E-state index contributed by atoms with van der Waals surface area (Å²) in [4.78, 5) is 8.91. The first-order valence-corrected chi connectivity index (χ1v) is 7.95. The molecule has 4 nitrogen and oxygen atoms in total. The molecule has 0 aliphatic rings. The minimum atomic E-state index is 0.343. The number of rotatable bonds is 5. The van der Waals surface area contributed by atoms with Gasteiger partial charge in [-0.15, -0.1) is 0 Å². The zero-order valence-electron chi connectivity index (χ0n) is 14.2. The van der Waals surface area contributed by atoms with Crippen LogP contribution in [0, 0.1) is 0 Å². The summed E-state index contributed by atoms with van der Waals surface area (Å²) in [5.74, 6) is 0.343. The lowest BCUT2D eigenvalue weighted by Crippen LogP contribution is -2.06. The molecule has 3 rings (SSSR count). The number of nitrogens with zero attached hydrogens (tertiary/aromatic N) is 2. The molecule has 0 spiro atoms. The normalized spacial score (nSPS) is 10.3. The summed E-state index contributed by atoms with van der Waals surface area (Å²) in [7, 11) is 0. The first-order valence-electron chi connectivity index (χ1n) is 7.95. The molecule has 3 aromatic rings. The fourth-order valence-corrected chi connectivity index (χ4v) is 2.44. The Kier molecular flexibility index (Phi) is 4.61. The minimum absolute atomic E-state index is 0.343. The highest BCUT2D eigenvalue weighted by atomic mass is 15.0. The van der Waals surface area contributed by atoms with Crippen LogP contribution in [-0.2, 0) is 0 Å². The predicted octanol–water partition coefficient (Wildman–Crippen LogP) is 4.84. The van der Waals surface area contributed by atoms with Crippen molar-refractivity contribution in [3.63, 3.8) is 0 Å². The fourth-order valence-electron chi connectivity index (χ4n) is 2.44. The molecule has 1 aromatic heterocycles. The number of aromatic nitrogens is 2. The summed E-state index contributed by atoms with van der Waals surface area (Å²) >= 11 is 0. The molecule has 0 aliphatic carbocycles. The number of nitrogen functional groups attached to an aromatic ring is 1. The molecule has 1 heterocycles. The van der Waals surface area contributed by atoms with E-state index in [1.165, 1.54) is 0 Å². The van der Waals surface area contributed by atoms with Crippen molar-refractivity contribution in [2.45, 2.75) is 6.92 Å². The second-order valence-electron chi connectivity index (χ2n) is 5.82. The summed E-state index contributed by atoms with van der Waals surface area (Å²) in [6.07, 6.45) is 1.67. The number of nitrogens with two attached hydrogens (primary N) is 1. The molecule has 0 saturated carbocycles. The van der Waals surface area contributed by atoms with Crippen LogP contribution >= 0.6 is 0 Å². The molecule has 124 valence electrons. The molecular weight excluding hydrogens is 308 g/mol. The smallest absolute Gasteiger partial charge is 0.151 e. The predicted molar refractivity (Wildman–Crippen MR) is 106 cm³/mol. The highest BCUT2D eigenvalue weighted by Crippen LogP contribution is 2.24. The maximum Gasteiger partial charge on any atom is 0.151 e. The van der Waals surface area contributed by atoms with E-state index < -0.39 is 0 Å². The molecule has 25 heavy (non-hydrogen) atoms. The first-order chi connectivity index (χ1) is 12.0. The number of nitrogens with one attached hydrogen (secondary N) is 1. The Morgan fingerprint density at radius 3 is 2.32 bits per heavy atom. The van der Waals surface area contributed by atoms with Crippen LogP contribution in [0.1, 0.15) is 18.2 Å². The number of para-hydroxylation sites is 1. The van der Waals surface area contributed by atoms with Crippen molar-refractivity contribution in [1.29, 1.82) is 0 Å². The molecule has 0 aliphatic heterocycles. The lowest BCUT2D eigenvalue weighted by molar-refractivity contribution is 1.18. The van der Waals surface area contributed by atoms with Gasteiger partial charge in [-0.3, -0.25) is 0 Å². The average Bonchev–Trinajstić information content (AvgIpc) is 2.63. The molecule has 3 N–H and O–H groups in total. The van der Waals surface area contributed by atoms with Gasteiger partial charge in [-0.2, -0.15) is 0 Å². The van der Waals surface area contributed by atoms with E-state index in [1.54, 1.807) is 6.20 Å². The Bertz CT molecular complexity index is 912. The van der Waals surface area contributed by atoms with Gasteiger partial charge >= 0.3 is 0 Å². The highest BCUT2D eigenvalue weighted by Gasteiger charge is 2.10. The van der Waals surface area contributed by atoms with E-state index in [9.17, 15) is 0 Å². The van der Waals surface area contributed by atoms with Crippen molar-refractivity contribution in [3.05, 3.63) is 85.2 Å². The second-order valence-corrected chi connectivity index (χ2v) is 5.82. The van der Waals surface area contributed by atoms with Crippen LogP contribution in [0.15, 0.2) is 74.0 Å². The van der Waals surface area contributed by atoms with Gasteiger partial charge in [-0.25, -0.2) is 9.97 Å². The van der Waals surface area contributed by atoms with Crippen LogP contribution in [0.3, 0.4) is 0 Å². The van der Waals surface area contributed by atoms with E-state index >= 15 is 0 Å². The monoisotopic (exact) mass is 328 g/mol. The van der Waals surface area contributed by atoms with E-state index in [4.69, 9.17) is 5.73 Å². The van der Waals surface area contributed by atoms with Crippen LogP contribution in [0.5, 0.6) is 0 Å². The largest absolute Gasteiger partial charge is 0.382 e. The van der Waals surface area contributed by atoms with Crippen molar-refractivity contribution in [3.8, 4) is 11.3 Å². The number of anilines is 2. The molecule has 0 fully saturated rings. The van der Waals surface area contributed by atoms with Crippen molar-refractivity contribution in [1.82, 2.24) is 9.97 Å². The number of hydrogen-bond acceptors (Lipinski definition) is 4. The summed E-state index contributed by atoms with van der Waals surface area (Å²) in [5, 5.41) is 3.21. The fraction of sp³-hybridized carbons (Fsp3) is 0.0476. The Balaban J connectivity index is 1.90. The Morgan fingerprint density at radius 1 is 1.00 bits per heavy atom. The van der Waals surface area contributed by atoms with E-state index in [0.717, 1.165) is 28.1 Å². The van der Waals surface area contributed by atoms with Gasteiger partial charge in [0.2, 0.25) is 0 Å². The lowest BCUT2D eigenvalue weighted by atomic mass is 10.1.